The summed E-state index contributed by atoms with van der Waals surface area (Å²) in [7, 11) is 2.03. The van der Waals surface area contributed by atoms with Gasteiger partial charge in [-0.15, -0.1) is 0 Å². The number of nitro groups is 3. The van der Waals surface area contributed by atoms with Gasteiger partial charge in [0.15, 0.2) is 0 Å². The van der Waals surface area contributed by atoms with Crippen molar-refractivity contribution in [2.45, 2.75) is 19.3 Å². The minimum atomic E-state index is -0.692. The molecule has 0 N–H and O–H groups in total. The minimum Gasteiger partial charge on any atom is -0.347 e. The predicted octanol–water partition coefficient (Wildman–Crippen LogP) is 7.25. The summed E-state index contributed by atoms with van der Waals surface area (Å²) >= 11 is 0. The number of non-ortho nitro benzene ring substituents is 2. The number of allylic oxidation sites excluding steroid dienone is 7. The van der Waals surface area contributed by atoms with Crippen molar-refractivity contribution in [1.29, 1.82) is 0 Å². The fraction of sp³-hybridized carbons (Fsp3) is 0.133. The van der Waals surface area contributed by atoms with Crippen LogP contribution in [0.3, 0.4) is 0 Å². The zero-order chi connectivity index (χ0) is 28.8. The predicted molar refractivity (Wildman–Crippen MR) is 153 cm³/mol. The molecular formula is C30H24N4O6. The van der Waals surface area contributed by atoms with Crippen LogP contribution in [0.5, 0.6) is 0 Å². The van der Waals surface area contributed by atoms with Gasteiger partial charge in [0.1, 0.15) is 0 Å². The topological polar surface area (TPSA) is 133 Å². The van der Waals surface area contributed by atoms with Crippen molar-refractivity contribution in [3.8, 4) is 11.1 Å². The number of nitrogens with zero attached hydrogens (tertiary/aromatic N) is 4. The lowest BCUT2D eigenvalue weighted by Gasteiger charge is -2.23. The number of rotatable bonds is 6. The molecule has 3 aromatic rings. The molecule has 0 atom stereocenters. The van der Waals surface area contributed by atoms with E-state index in [4.69, 9.17) is 0 Å². The number of para-hydroxylation sites is 1. The van der Waals surface area contributed by atoms with Gasteiger partial charge in [0, 0.05) is 47.6 Å². The van der Waals surface area contributed by atoms with Crippen LogP contribution in [0.1, 0.15) is 30.5 Å². The number of hydrogen-bond donors (Lipinski definition) is 0. The number of anilines is 1. The molecular weight excluding hydrogens is 512 g/mol. The second-order valence-electron chi connectivity index (χ2n) is 9.99. The fourth-order valence-corrected chi connectivity index (χ4v) is 5.50. The van der Waals surface area contributed by atoms with Crippen molar-refractivity contribution in [2.75, 3.05) is 11.9 Å². The highest BCUT2D eigenvalue weighted by Crippen LogP contribution is 2.51. The third kappa shape index (κ3) is 4.25. The largest absolute Gasteiger partial charge is 0.347 e. The standard InChI is InChI=1S/C30H24N4O6/c1-30(2)25-11-8-9-12-26(25)31(3)28(30)13-7-5-4-6-10-21-23-16-19(32(35)36)14-15-22(23)29-24(21)17-20(33(37)38)18-27(29)34(39)40/h4-18H,1-3H3/b6-4+,7-5+,21-10+,28-13+. The van der Waals surface area contributed by atoms with E-state index in [2.05, 4.69) is 30.9 Å². The molecule has 1 aliphatic heterocycles. The third-order valence-corrected chi connectivity index (χ3v) is 7.36. The Labute approximate surface area is 229 Å². The molecule has 0 amide bonds. The summed E-state index contributed by atoms with van der Waals surface area (Å²) in [4.78, 5) is 35.0. The normalized spacial score (nSPS) is 17.0. The van der Waals surface area contributed by atoms with Crippen molar-refractivity contribution < 1.29 is 14.8 Å². The van der Waals surface area contributed by atoms with Gasteiger partial charge in [-0.3, -0.25) is 30.3 Å². The Hall–Kier alpha value is -5.38. The van der Waals surface area contributed by atoms with E-state index < -0.39 is 26.1 Å². The highest BCUT2D eigenvalue weighted by molar-refractivity contribution is 6.05. The molecule has 2 aliphatic rings. The van der Waals surface area contributed by atoms with Crippen LogP contribution in [-0.2, 0) is 5.41 Å². The monoisotopic (exact) mass is 536 g/mol. The van der Waals surface area contributed by atoms with Crippen LogP contribution >= 0.6 is 0 Å². The van der Waals surface area contributed by atoms with Crippen molar-refractivity contribution in [3.63, 3.8) is 0 Å². The summed E-state index contributed by atoms with van der Waals surface area (Å²) in [6.07, 6.45) is 10.9. The summed E-state index contributed by atoms with van der Waals surface area (Å²) in [6, 6.07) is 14.5. The van der Waals surface area contributed by atoms with Crippen molar-refractivity contribution in [1.82, 2.24) is 0 Å². The minimum absolute atomic E-state index is 0.170. The molecule has 5 rings (SSSR count). The van der Waals surface area contributed by atoms with Gasteiger partial charge in [-0.1, -0.05) is 62.4 Å². The maximum absolute atomic E-state index is 11.8. The molecule has 10 heteroatoms. The molecule has 0 fully saturated rings. The first-order valence-electron chi connectivity index (χ1n) is 12.4. The Morgan fingerprint density at radius 2 is 1.38 bits per heavy atom. The maximum Gasteiger partial charge on any atom is 0.284 e. The smallest absolute Gasteiger partial charge is 0.284 e. The van der Waals surface area contributed by atoms with E-state index >= 15 is 0 Å². The van der Waals surface area contributed by atoms with E-state index in [1.54, 1.807) is 18.2 Å². The number of hydrogen-bond acceptors (Lipinski definition) is 7. The number of fused-ring (bicyclic) bond motifs is 4. The molecule has 0 unspecified atom stereocenters. The van der Waals surface area contributed by atoms with Crippen molar-refractivity contribution >= 4 is 28.3 Å². The molecule has 0 saturated carbocycles. The van der Waals surface area contributed by atoms with Gasteiger partial charge in [0.25, 0.3) is 17.1 Å². The lowest BCUT2D eigenvalue weighted by atomic mass is 9.84. The summed E-state index contributed by atoms with van der Waals surface area (Å²) in [5, 5.41) is 34.8. The number of likely N-dealkylation sites (N-methyl/N-ethyl adjacent to an activating group) is 1. The van der Waals surface area contributed by atoms with Crippen LogP contribution in [0.15, 0.2) is 96.8 Å². The van der Waals surface area contributed by atoms with Gasteiger partial charge in [-0.2, -0.15) is 0 Å². The molecule has 3 aromatic carbocycles. The number of benzene rings is 3. The first kappa shape index (κ1) is 26.2. The van der Waals surface area contributed by atoms with Crippen LogP contribution in [0, 0.1) is 30.3 Å². The van der Waals surface area contributed by atoms with E-state index in [0.717, 1.165) is 17.5 Å². The van der Waals surface area contributed by atoms with Crippen LogP contribution < -0.4 is 4.90 Å². The molecule has 200 valence electrons. The Morgan fingerprint density at radius 1 is 0.725 bits per heavy atom. The molecule has 1 heterocycles. The van der Waals surface area contributed by atoms with E-state index in [-0.39, 0.29) is 22.2 Å². The van der Waals surface area contributed by atoms with Crippen molar-refractivity contribution in [3.05, 3.63) is 144 Å². The Kier molecular flexibility index (Phi) is 6.39. The fourth-order valence-electron chi connectivity index (χ4n) is 5.50. The SMILES string of the molecule is CN1/C(=C/C=C/C=C/C=C2\c3cc([N+](=O)[O-])ccc3-c3c2cc([N+](=O)[O-])cc3[N+](=O)[O-])C(C)(C)c2ccccc21. The molecule has 0 saturated heterocycles. The lowest BCUT2D eigenvalue weighted by Crippen LogP contribution is -2.22. The van der Waals surface area contributed by atoms with Gasteiger partial charge < -0.3 is 4.90 Å². The summed E-state index contributed by atoms with van der Waals surface area (Å²) in [6.45, 7) is 4.34. The maximum atomic E-state index is 11.8. The first-order chi connectivity index (χ1) is 19.0. The van der Waals surface area contributed by atoms with Crippen LogP contribution in [0.2, 0.25) is 0 Å². The second kappa shape index (κ2) is 9.73. The molecule has 0 spiro atoms. The zero-order valence-corrected chi connectivity index (χ0v) is 21.9. The van der Waals surface area contributed by atoms with Gasteiger partial charge >= 0.3 is 0 Å². The molecule has 0 aromatic heterocycles. The van der Waals surface area contributed by atoms with E-state index in [0.29, 0.717) is 16.7 Å². The lowest BCUT2D eigenvalue weighted by molar-refractivity contribution is -0.393. The van der Waals surface area contributed by atoms with E-state index in [1.807, 2.05) is 37.4 Å². The second-order valence-corrected chi connectivity index (χ2v) is 9.99. The molecule has 0 radical (unpaired) electrons. The highest BCUT2D eigenvalue weighted by atomic mass is 16.6. The Morgan fingerprint density at radius 3 is 2.02 bits per heavy atom. The number of nitro benzene ring substituents is 3. The van der Waals surface area contributed by atoms with Crippen LogP contribution in [0.4, 0.5) is 22.7 Å². The van der Waals surface area contributed by atoms with Gasteiger partial charge in [0.05, 0.1) is 26.4 Å². The highest BCUT2D eigenvalue weighted by Gasteiger charge is 2.38. The average Bonchev–Trinajstić information content (AvgIpc) is 3.33. The van der Waals surface area contributed by atoms with Gasteiger partial charge in [-0.25, -0.2) is 0 Å². The molecule has 40 heavy (non-hydrogen) atoms. The summed E-state index contributed by atoms with van der Waals surface area (Å²) in [5.41, 5.74) is 4.02. The van der Waals surface area contributed by atoms with Crippen molar-refractivity contribution in [2.24, 2.45) is 0 Å². The quantitative estimate of drug-likeness (QED) is 0.144. The average molecular weight is 537 g/mol. The van der Waals surface area contributed by atoms with Crippen LogP contribution in [-0.4, -0.2) is 21.8 Å². The Balaban J connectivity index is 1.53. The van der Waals surface area contributed by atoms with Gasteiger partial charge in [0.2, 0.25) is 0 Å². The third-order valence-electron chi connectivity index (χ3n) is 7.36. The molecule has 10 nitrogen and oxygen atoms in total. The molecule has 1 aliphatic carbocycles. The Bertz CT molecular complexity index is 1730. The zero-order valence-electron chi connectivity index (χ0n) is 21.9. The first-order valence-corrected chi connectivity index (χ1v) is 12.4. The van der Waals surface area contributed by atoms with Gasteiger partial charge in [-0.05, 0) is 40.5 Å². The summed E-state index contributed by atoms with van der Waals surface area (Å²) < 4.78 is 0. The summed E-state index contributed by atoms with van der Waals surface area (Å²) in [5.74, 6) is 0. The van der Waals surface area contributed by atoms with Crippen LogP contribution in [0.25, 0.3) is 16.7 Å². The molecule has 0 bridgehead atoms. The van der Waals surface area contributed by atoms with E-state index in [1.165, 1.54) is 29.8 Å². The van der Waals surface area contributed by atoms with E-state index in [9.17, 15) is 30.3 Å².